The molecule has 0 spiro atoms. The molecule has 0 aliphatic heterocycles. The first kappa shape index (κ1) is 15.7. The second-order valence-electron chi connectivity index (χ2n) is 5.25. The van der Waals surface area contributed by atoms with Gasteiger partial charge in [0.1, 0.15) is 0 Å². The summed E-state index contributed by atoms with van der Waals surface area (Å²) in [6, 6.07) is 13.8. The maximum absolute atomic E-state index is 3.68. The highest BCUT2D eigenvalue weighted by Gasteiger charge is 2.11. The van der Waals surface area contributed by atoms with E-state index < -0.39 is 0 Å². The molecule has 0 aliphatic rings. The number of rotatable bonds is 7. The van der Waals surface area contributed by atoms with Crippen molar-refractivity contribution < 1.29 is 0 Å². The van der Waals surface area contributed by atoms with Gasteiger partial charge in [0.2, 0.25) is 0 Å². The van der Waals surface area contributed by atoms with Gasteiger partial charge in [-0.25, -0.2) is 0 Å². The number of aryl methyl sites for hydroxylation is 1. The van der Waals surface area contributed by atoms with Crippen molar-refractivity contribution in [3.8, 4) is 0 Å². The number of benzene rings is 1. The van der Waals surface area contributed by atoms with Crippen LogP contribution in [0.4, 0.5) is 0 Å². The topological polar surface area (TPSA) is 12.0 Å². The third-order valence-corrected chi connectivity index (χ3v) is 5.01. The molecule has 1 heterocycles. The minimum absolute atomic E-state index is 0.517. The quantitative estimate of drug-likeness (QED) is 0.742. The second kappa shape index (κ2) is 7.96. The molecular formula is C17H22BrNS. The Labute approximate surface area is 134 Å². The van der Waals surface area contributed by atoms with E-state index in [0.717, 1.165) is 19.4 Å². The molecule has 2 rings (SSSR count). The minimum atomic E-state index is 0.517. The van der Waals surface area contributed by atoms with E-state index >= 15 is 0 Å². The lowest BCUT2D eigenvalue weighted by Crippen LogP contribution is -2.33. The molecule has 0 bridgehead atoms. The molecular weight excluding hydrogens is 330 g/mol. The number of thiophene rings is 1. The Morgan fingerprint density at radius 1 is 1.10 bits per heavy atom. The van der Waals surface area contributed by atoms with Crippen molar-refractivity contribution in [2.24, 2.45) is 0 Å². The zero-order valence-corrected chi connectivity index (χ0v) is 14.6. The van der Waals surface area contributed by atoms with Crippen molar-refractivity contribution in [2.45, 2.75) is 39.2 Å². The van der Waals surface area contributed by atoms with Crippen molar-refractivity contribution in [2.75, 3.05) is 6.54 Å². The van der Waals surface area contributed by atoms with E-state index in [-0.39, 0.29) is 0 Å². The normalized spacial score (nSPS) is 12.6. The average molecular weight is 352 g/mol. The molecule has 1 aromatic carbocycles. The minimum Gasteiger partial charge on any atom is -0.313 e. The van der Waals surface area contributed by atoms with Crippen molar-refractivity contribution in [1.29, 1.82) is 0 Å². The zero-order valence-electron chi connectivity index (χ0n) is 12.2. The summed E-state index contributed by atoms with van der Waals surface area (Å²) >= 11 is 5.39. The van der Waals surface area contributed by atoms with Gasteiger partial charge in [0.25, 0.3) is 0 Å². The Balaban J connectivity index is 2.00. The Morgan fingerprint density at radius 3 is 2.45 bits per heavy atom. The molecule has 0 amide bonds. The Hall–Kier alpha value is -0.640. The molecule has 0 aliphatic carbocycles. The number of hydrogen-bond acceptors (Lipinski definition) is 2. The fraction of sp³-hybridized carbons (Fsp3) is 0.412. The predicted octanol–water partition coefficient (Wildman–Crippen LogP) is 4.97. The van der Waals surface area contributed by atoms with Crippen LogP contribution in [0.1, 0.15) is 29.3 Å². The summed E-state index contributed by atoms with van der Waals surface area (Å²) in [5.74, 6) is 0. The van der Waals surface area contributed by atoms with Gasteiger partial charge in [-0.2, -0.15) is 0 Å². The molecule has 1 atom stereocenters. The maximum Gasteiger partial charge on any atom is 0.0701 e. The lowest BCUT2D eigenvalue weighted by molar-refractivity contribution is 0.507. The van der Waals surface area contributed by atoms with Gasteiger partial charge in [0.05, 0.1) is 3.79 Å². The molecule has 0 saturated carbocycles. The highest BCUT2D eigenvalue weighted by atomic mass is 79.9. The fourth-order valence-electron chi connectivity index (χ4n) is 2.28. The van der Waals surface area contributed by atoms with Crippen LogP contribution in [0.2, 0.25) is 0 Å². The van der Waals surface area contributed by atoms with Gasteiger partial charge < -0.3 is 5.32 Å². The van der Waals surface area contributed by atoms with E-state index in [1.54, 1.807) is 0 Å². The lowest BCUT2D eigenvalue weighted by Gasteiger charge is -2.18. The third kappa shape index (κ3) is 5.04. The summed E-state index contributed by atoms with van der Waals surface area (Å²) in [5.41, 5.74) is 2.74. The van der Waals surface area contributed by atoms with E-state index in [4.69, 9.17) is 0 Å². The van der Waals surface area contributed by atoms with Crippen LogP contribution in [-0.2, 0) is 12.8 Å². The summed E-state index contributed by atoms with van der Waals surface area (Å²) in [4.78, 5) is 1.44. The Morgan fingerprint density at radius 2 is 1.85 bits per heavy atom. The van der Waals surface area contributed by atoms with E-state index in [9.17, 15) is 0 Å². The largest absolute Gasteiger partial charge is 0.313 e. The Kier molecular flexibility index (Phi) is 6.27. The van der Waals surface area contributed by atoms with Crippen LogP contribution in [0, 0.1) is 6.92 Å². The van der Waals surface area contributed by atoms with Gasteiger partial charge in [-0.3, -0.25) is 0 Å². The molecule has 108 valence electrons. The summed E-state index contributed by atoms with van der Waals surface area (Å²) < 4.78 is 1.22. The van der Waals surface area contributed by atoms with Crippen molar-refractivity contribution in [3.05, 3.63) is 56.2 Å². The lowest BCUT2D eigenvalue weighted by atomic mass is 10.0. The zero-order chi connectivity index (χ0) is 14.4. The van der Waals surface area contributed by atoms with Gasteiger partial charge in [-0.1, -0.05) is 36.8 Å². The second-order valence-corrected chi connectivity index (χ2v) is 7.80. The number of halogens is 1. The average Bonchev–Trinajstić information content (AvgIpc) is 2.84. The fourth-order valence-corrected chi connectivity index (χ4v) is 3.84. The van der Waals surface area contributed by atoms with Crippen molar-refractivity contribution >= 4 is 27.3 Å². The van der Waals surface area contributed by atoms with Gasteiger partial charge in [-0.05, 0) is 66.4 Å². The Bertz CT molecular complexity index is 518. The smallest absolute Gasteiger partial charge is 0.0701 e. The van der Waals surface area contributed by atoms with E-state index in [1.165, 1.54) is 26.2 Å². The van der Waals surface area contributed by atoms with Crippen LogP contribution in [0.15, 0.2) is 40.2 Å². The van der Waals surface area contributed by atoms with Gasteiger partial charge in [-0.15, -0.1) is 11.3 Å². The SMILES string of the molecule is CCCNC(Cc1ccc(C)cc1)Cc1ccc(Br)s1. The van der Waals surface area contributed by atoms with E-state index in [2.05, 4.69) is 71.5 Å². The number of nitrogens with one attached hydrogen (secondary N) is 1. The maximum atomic E-state index is 3.68. The monoisotopic (exact) mass is 351 g/mol. The molecule has 3 heteroatoms. The van der Waals surface area contributed by atoms with Crippen molar-refractivity contribution in [1.82, 2.24) is 5.32 Å². The molecule has 0 fully saturated rings. The summed E-state index contributed by atoms with van der Waals surface area (Å²) in [5, 5.41) is 3.68. The molecule has 0 saturated heterocycles. The highest BCUT2D eigenvalue weighted by molar-refractivity contribution is 9.11. The first-order chi connectivity index (χ1) is 9.67. The molecule has 20 heavy (non-hydrogen) atoms. The summed E-state index contributed by atoms with van der Waals surface area (Å²) in [7, 11) is 0. The number of hydrogen-bond donors (Lipinski definition) is 1. The molecule has 1 N–H and O–H groups in total. The van der Waals surface area contributed by atoms with Gasteiger partial charge >= 0.3 is 0 Å². The van der Waals surface area contributed by atoms with Crippen LogP contribution in [0.5, 0.6) is 0 Å². The summed E-state index contributed by atoms with van der Waals surface area (Å²) in [6.07, 6.45) is 3.37. The van der Waals surface area contributed by atoms with Crippen LogP contribution >= 0.6 is 27.3 Å². The molecule has 1 unspecified atom stereocenters. The van der Waals surface area contributed by atoms with Gasteiger partial charge in [0, 0.05) is 10.9 Å². The summed E-state index contributed by atoms with van der Waals surface area (Å²) in [6.45, 7) is 5.44. The van der Waals surface area contributed by atoms with Crippen LogP contribution in [-0.4, -0.2) is 12.6 Å². The standard InChI is InChI=1S/C17H22BrNS/c1-3-10-19-15(12-16-8-9-17(18)20-16)11-14-6-4-13(2)5-7-14/h4-9,15,19H,3,10-12H2,1-2H3. The van der Waals surface area contributed by atoms with Crippen LogP contribution < -0.4 is 5.32 Å². The van der Waals surface area contributed by atoms with Gasteiger partial charge in [0.15, 0.2) is 0 Å². The van der Waals surface area contributed by atoms with E-state index in [0.29, 0.717) is 6.04 Å². The molecule has 0 radical (unpaired) electrons. The first-order valence-corrected chi connectivity index (χ1v) is 8.81. The van der Waals surface area contributed by atoms with E-state index in [1.807, 2.05) is 11.3 Å². The highest BCUT2D eigenvalue weighted by Crippen LogP contribution is 2.23. The molecule has 2 aromatic rings. The molecule has 1 aromatic heterocycles. The van der Waals surface area contributed by atoms with Crippen molar-refractivity contribution in [3.63, 3.8) is 0 Å². The third-order valence-electron chi connectivity index (χ3n) is 3.36. The van der Waals surface area contributed by atoms with Crippen LogP contribution in [0.25, 0.3) is 0 Å². The molecule has 1 nitrogen and oxygen atoms in total. The predicted molar refractivity (Wildman–Crippen MR) is 92.7 cm³/mol. The first-order valence-electron chi connectivity index (χ1n) is 7.20. The van der Waals surface area contributed by atoms with Crippen LogP contribution in [0.3, 0.4) is 0 Å².